The summed E-state index contributed by atoms with van der Waals surface area (Å²) in [6, 6.07) is 4.17. The van der Waals surface area contributed by atoms with Crippen LogP contribution in [-0.2, 0) is 0 Å². The number of aromatic nitrogens is 1. The highest BCUT2D eigenvalue weighted by atomic mass is 32.1. The number of nitrogens with two attached hydrogens (primary N) is 1. The molecule has 78 valence electrons. The molecular formula is C12H14N2S. The molecule has 2 aromatic rings. The first-order chi connectivity index (χ1) is 7.16. The molecule has 2 N–H and O–H groups in total. The lowest BCUT2D eigenvalue weighted by molar-refractivity contribution is 0.865. The predicted molar refractivity (Wildman–Crippen MR) is 64.1 cm³/mol. The molecule has 1 unspecified atom stereocenters. The molecule has 0 radical (unpaired) electrons. The summed E-state index contributed by atoms with van der Waals surface area (Å²) in [5, 5.41) is 2.11. The van der Waals surface area contributed by atoms with Gasteiger partial charge in [-0.25, -0.2) is 0 Å². The van der Waals surface area contributed by atoms with Gasteiger partial charge in [-0.3, -0.25) is 4.98 Å². The van der Waals surface area contributed by atoms with Crippen molar-refractivity contribution in [3.63, 3.8) is 0 Å². The molecule has 2 aromatic heterocycles. The van der Waals surface area contributed by atoms with Crippen LogP contribution >= 0.6 is 11.3 Å². The first kappa shape index (κ1) is 10.3. The Bertz CT molecular complexity index is 462. The molecule has 2 rings (SSSR count). The molecule has 0 bridgehead atoms. The van der Waals surface area contributed by atoms with Crippen LogP contribution in [-0.4, -0.2) is 4.98 Å². The Hall–Kier alpha value is -1.19. The number of nitrogens with zero attached hydrogens (tertiary/aromatic N) is 1. The normalized spacial score (nSPS) is 12.7. The Labute approximate surface area is 93.8 Å². The van der Waals surface area contributed by atoms with Crippen LogP contribution in [0.2, 0.25) is 0 Å². The van der Waals surface area contributed by atoms with E-state index in [1.54, 1.807) is 11.3 Å². The maximum Gasteiger partial charge on any atom is 0.0575 e. The Morgan fingerprint density at radius 3 is 2.60 bits per heavy atom. The van der Waals surface area contributed by atoms with Crippen LogP contribution in [0, 0.1) is 13.8 Å². The molecule has 2 nitrogen and oxygen atoms in total. The number of aryl methyl sites for hydroxylation is 2. The van der Waals surface area contributed by atoms with E-state index in [-0.39, 0.29) is 6.04 Å². The van der Waals surface area contributed by atoms with Crippen molar-refractivity contribution in [3.05, 3.63) is 51.5 Å². The minimum atomic E-state index is -0.0534. The second kappa shape index (κ2) is 4.13. The first-order valence-electron chi connectivity index (χ1n) is 4.89. The second-order valence-electron chi connectivity index (χ2n) is 3.76. The van der Waals surface area contributed by atoms with E-state index < -0.39 is 0 Å². The summed E-state index contributed by atoms with van der Waals surface area (Å²) < 4.78 is 0. The summed E-state index contributed by atoms with van der Waals surface area (Å²) >= 11 is 1.73. The molecule has 0 saturated heterocycles. The molecule has 15 heavy (non-hydrogen) atoms. The summed E-state index contributed by atoms with van der Waals surface area (Å²) in [7, 11) is 0. The molecule has 0 spiro atoms. The maximum absolute atomic E-state index is 6.17. The average Bonchev–Trinajstić information content (AvgIpc) is 2.64. The number of pyridine rings is 1. The van der Waals surface area contributed by atoms with Crippen molar-refractivity contribution in [3.8, 4) is 0 Å². The van der Waals surface area contributed by atoms with Gasteiger partial charge in [0, 0.05) is 17.3 Å². The minimum Gasteiger partial charge on any atom is -0.320 e. The van der Waals surface area contributed by atoms with Gasteiger partial charge in [0.05, 0.1) is 6.04 Å². The summed E-state index contributed by atoms with van der Waals surface area (Å²) in [6.07, 6.45) is 3.68. The van der Waals surface area contributed by atoms with Crippen molar-refractivity contribution in [1.82, 2.24) is 4.98 Å². The van der Waals surface area contributed by atoms with Crippen LogP contribution in [0.1, 0.15) is 27.6 Å². The topological polar surface area (TPSA) is 38.9 Å². The lowest BCUT2D eigenvalue weighted by atomic mass is 10.0. The third kappa shape index (κ3) is 2.25. The molecule has 0 aliphatic heterocycles. The Morgan fingerprint density at radius 2 is 2.00 bits per heavy atom. The van der Waals surface area contributed by atoms with Crippen LogP contribution in [0.5, 0.6) is 0 Å². The largest absolute Gasteiger partial charge is 0.320 e. The van der Waals surface area contributed by atoms with E-state index in [0.717, 1.165) is 11.1 Å². The second-order valence-corrected chi connectivity index (χ2v) is 4.88. The lowest BCUT2D eigenvalue weighted by Gasteiger charge is -2.10. The van der Waals surface area contributed by atoms with Gasteiger partial charge in [-0.1, -0.05) is 6.07 Å². The van der Waals surface area contributed by atoms with Crippen LogP contribution in [0.15, 0.2) is 29.9 Å². The maximum atomic E-state index is 6.17. The van der Waals surface area contributed by atoms with Gasteiger partial charge in [-0.15, -0.1) is 11.3 Å². The molecular weight excluding hydrogens is 204 g/mol. The van der Waals surface area contributed by atoms with Crippen molar-refractivity contribution >= 4 is 11.3 Å². The van der Waals surface area contributed by atoms with Crippen LogP contribution in [0.25, 0.3) is 0 Å². The van der Waals surface area contributed by atoms with Crippen LogP contribution in [0.3, 0.4) is 0 Å². The van der Waals surface area contributed by atoms with E-state index in [4.69, 9.17) is 5.73 Å². The third-order valence-corrected chi connectivity index (χ3v) is 3.24. The van der Waals surface area contributed by atoms with Crippen molar-refractivity contribution < 1.29 is 0 Å². The van der Waals surface area contributed by atoms with Crippen molar-refractivity contribution in [2.45, 2.75) is 19.9 Å². The summed E-state index contributed by atoms with van der Waals surface area (Å²) in [5.41, 5.74) is 9.56. The lowest BCUT2D eigenvalue weighted by Crippen LogP contribution is -2.11. The number of rotatable bonds is 2. The fraction of sp³-hybridized carbons (Fsp3) is 0.250. The van der Waals surface area contributed by atoms with Crippen LogP contribution < -0.4 is 5.73 Å². The fourth-order valence-electron chi connectivity index (χ4n) is 1.57. The first-order valence-corrected chi connectivity index (χ1v) is 5.77. The highest BCUT2D eigenvalue weighted by Crippen LogP contribution is 2.24. The van der Waals surface area contributed by atoms with Gasteiger partial charge < -0.3 is 5.73 Å². The molecule has 0 saturated carbocycles. The van der Waals surface area contributed by atoms with E-state index in [9.17, 15) is 0 Å². The van der Waals surface area contributed by atoms with E-state index in [2.05, 4.69) is 29.4 Å². The number of hydrogen-bond donors (Lipinski definition) is 1. The molecule has 0 aliphatic rings. The number of hydrogen-bond acceptors (Lipinski definition) is 3. The molecule has 0 fully saturated rings. The SMILES string of the molecule is Cc1cncc(C(N)c2csc(C)c2)c1. The molecule has 0 aliphatic carbocycles. The smallest absolute Gasteiger partial charge is 0.0575 e. The highest BCUT2D eigenvalue weighted by molar-refractivity contribution is 7.10. The van der Waals surface area contributed by atoms with Gasteiger partial charge in [0.2, 0.25) is 0 Å². The number of thiophene rings is 1. The Balaban J connectivity index is 2.32. The minimum absolute atomic E-state index is 0.0534. The average molecular weight is 218 g/mol. The van der Waals surface area contributed by atoms with Crippen molar-refractivity contribution in [2.75, 3.05) is 0 Å². The van der Waals surface area contributed by atoms with Gasteiger partial charge in [-0.2, -0.15) is 0 Å². The highest BCUT2D eigenvalue weighted by Gasteiger charge is 2.10. The van der Waals surface area contributed by atoms with Crippen molar-refractivity contribution in [1.29, 1.82) is 0 Å². The summed E-state index contributed by atoms with van der Waals surface area (Å²) in [4.78, 5) is 5.45. The van der Waals surface area contributed by atoms with E-state index >= 15 is 0 Å². The molecule has 0 aromatic carbocycles. The Morgan fingerprint density at radius 1 is 1.20 bits per heavy atom. The molecule has 2 heterocycles. The van der Waals surface area contributed by atoms with E-state index in [1.807, 2.05) is 19.3 Å². The zero-order chi connectivity index (χ0) is 10.8. The van der Waals surface area contributed by atoms with Gasteiger partial charge in [0.15, 0.2) is 0 Å². The van der Waals surface area contributed by atoms with Gasteiger partial charge >= 0.3 is 0 Å². The van der Waals surface area contributed by atoms with E-state index in [0.29, 0.717) is 0 Å². The van der Waals surface area contributed by atoms with Gasteiger partial charge in [0.25, 0.3) is 0 Å². The van der Waals surface area contributed by atoms with Gasteiger partial charge in [-0.05, 0) is 42.0 Å². The zero-order valence-corrected chi connectivity index (χ0v) is 9.71. The monoisotopic (exact) mass is 218 g/mol. The molecule has 3 heteroatoms. The van der Waals surface area contributed by atoms with Crippen LogP contribution in [0.4, 0.5) is 0 Å². The fourth-order valence-corrected chi connectivity index (χ4v) is 2.31. The Kier molecular flexibility index (Phi) is 2.84. The quantitative estimate of drug-likeness (QED) is 0.841. The summed E-state index contributed by atoms with van der Waals surface area (Å²) in [6.45, 7) is 4.12. The molecule has 1 atom stereocenters. The predicted octanol–water partition coefficient (Wildman–Crippen LogP) is 2.81. The molecule has 0 amide bonds. The summed E-state index contributed by atoms with van der Waals surface area (Å²) in [5.74, 6) is 0. The standard InChI is InChI=1S/C12H14N2S/c1-8-3-10(6-14-5-8)12(13)11-4-9(2)15-7-11/h3-7,12H,13H2,1-2H3. The third-order valence-electron chi connectivity index (χ3n) is 2.37. The van der Waals surface area contributed by atoms with Gasteiger partial charge in [0.1, 0.15) is 0 Å². The van der Waals surface area contributed by atoms with E-state index in [1.165, 1.54) is 10.4 Å². The van der Waals surface area contributed by atoms with Crippen molar-refractivity contribution in [2.24, 2.45) is 5.73 Å². The zero-order valence-electron chi connectivity index (χ0n) is 8.90.